The van der Waals surface area contributed by atoms with E-state index in [1.807, 2.05) is 0 Å². The molecule has 0 aliphatic heterocycles. The van der Waals surface area contributed by atoms with E-state index >= 15 is 0 Å². The topological polar surface area (TPSA) is 98.7 Å². The maximum atomic E-state index is 11.8. The van der Waals surface area contributed by atoms with E-state index in [4.69, 9.17) is 5.11 Å². The van der Waals surface area contributed by atoms with Crippen LogP contribution in [0.4, 0.5) is 10.5 Å². The van der Waals surface area contributed by atoms with Crippen molar-refractivity contribution in [2.45, 2.75) is 44.2 Å². The fourth-order valence-electron chi connectivity index (χ4n) is 2.45. The lowest BCUT2D eigenvalue weighted by molar-refractivity contribution is -0.136. The Kier molecular flexibility index (Phi) is 5.16. The molecule has 1 aliphatic carbocycles. The SMILES string of the molecule is O=C(O)Cc1ccc(NC(=O)NC2CCC(O)CC2)cc1. The van der Waals surface area contributed by atoms with Gasteiger partial charge in [0.05, 0.1) is 12.5 Å². The number of amides is 2. The maximum absolute atomic E-state index is 11.8. The number of aliphatic hydroxyl groups is 1. The lowest BCUT2D eigenvalue weighted by Crippen LogP contribution is -2.40. The Morgan fingerprint density at radius 2 is 1.71 bits per heavy atom. The largest absolute Gasteiger partial charge is 0.481 e. The van der Waals surface area contributed by atoms with Crippen LogP contribution in [0.5, 0.6) is 0 Å². The highest BCUT2D eigenvalue weighted by Gasteiger charge is 2.20. The van der Waals surface area contributed by atoms with Gasteiger partial charge in [0.1, 0.15) is 0 Å². The maximum Gasteiger partial charge on any atom is 0.319 e. The molecule has 0 aromatic heterocycles. The molecule has 0 unspecified atom stereocenters. The van der Waals surface area contributed by atoms with Gasteiger partial charge in [0.15, 0.2) is 0 Å². The lowest BCUT2D eigenvalue weighted by atomic mass is 9.93. The summed E-state index contributed by atoms with van der Waals surface area (Å²) in [4.78, 5) is 22.4. The third kappa shape index (κ3) is 5.07. The van der Waals surface area contributed by atoms with E-state index in [2.05, 4.69) is 10.6 Å². The highest BCUT2D eigenvalue weighted by atomic mass is 16.4. The number of carbonyl (C=O) groups is 2. The lowest BCUT2D eigenvalue weighted by Gasteiger charge is -2.26. The van der Waals surface area contributed by atoms with Crippen molar-refractivity contribution >= 4 is 17.7 Å². The van der Waals surface area contributed by atoms with Crippen LogP contribution in [0.2, 0.25) is 0 Å². The molecule has 1 aliphatic rings. The number of aliphatic carboxylic acids is 1. The van der Waals surface area contributed by atoms with Crippen molar-refractivity contribution in [1.29, 1.82) is 0 Å². The molecule has 0 radical (unpaired) electrons. The van der Waals surface area contributed by atoms with Gasteiger partial charge in [0.25, 0.3) is 0 Å². The van der Waals surface area contributed by atoms with Crippen LogP contribution in [0.3, 0.4) is 0 Å². The van der Waals surface area contributed by atoms with E-state index < -0.39 is 5.97 Å². The van der Waals surface area contributed by atoms with Crippen molar-refractivity contribution < 1.29 is 19.8 Å². The summed E-state index contributed by atoms with van der Waals surface area (Å²) in [6.07, 6.45) is 2.73. The number of carboxylic acid groups (broad SMARTS) is 1. The Hall–Kier alpha value is -2.08. The first-order valence-corrected chi connectivity index (χ1v) is 7.09. The Labute approximate surface area is 123 Å². The van der Waals surface area contributed by atoms with Crippen molar-refractivity contribution in [2.75, 3.05) is 5.32 Å². The molecule has 1 saturated carbocycles. The van der Waals surface area contributed by atoms with E-state index in [0.717, 1.165) is 25.7 Å². The molecule has 0 bridgehead atoms. The van der Waals surface area contributed by atoms with E-state index in [9.17, 15) is 14.7 Å². The average Bonchev–Trinajstić information content (AvgIpc) is 2.43. The van der Waals surface area contributed by atoms with E-state index in [-0.39, 0.29) is 24.6 Å². The van der Waals surface area contributed by atoms with Crippen LogP contribution in [-0.2, 0) is 11.2 Å². The Morgan fingerprint density at radius 3 is 2.29 bits per heavy atom. The molecule has 0 atom stereocenters. The quantitative estimate of drug-likeness (QED) is 0.679. The van der Waals surface area contributed by atoms with Gasteiger partial charge >= 0.3 is 12.0 Å². The number of anilines is 1. The molecular formula is C15H20N2O4. The van der Waals surface area contributed by atoms with Gasteiger partial charge in [-0.25, -0.2) is 4.79 Å². The minimum absolute atomic E-state index is 0.0309. The Morgan fingerprint density at radius 1 is 1.10 bits per heavy atom. The number of aliphatic hydroxyl groups excluding tert-OH is 1. The third-order valence-electron chi connectivity index (χ3n) is 3.60. The van der Waals surface area contributed by atoms with E-state index in [1.54, 1.807) is 24.3 Å². The first kappa shape index (κ1) is 15.3. The molecule has 2 amide bonds. The molecule has 21 heavy (non-hydrogen) atoms. The molecule has 0 saturated heterocycles. The van der Waals surface area contributed by atoms with Gasteiger partial charge in [-0.3, -0.25) is 4.79 Å². The molecule has 1 aromatic rings. The number of carboxylic acids is 1. The normalized spacial score (nSPS) is 21.6. The molecule has 4 N–H and O–H groups in total. The molecular weight excluding hydrogens is 272 g/mol. The summed E-state index contributed by atoms with van der Waals surface area (Å²) < 4.78 is 0. The van der Waals surface area contributed by atoms with Gasteiger partial charge in [0.2, 0.25) is 0 Å². The third-order valence-corrected chi connectivity index (χ3v) is 3.60. The predicted molar refractivity (Wildman–Crippen MR) is 78.2 cm³/mol. The molecule has 0 heterocycles. The fraction of sp³-hybridized carbons (Fsp3) is 0.467. The number of benzene rings is 1. The van der Waals surface area contributed by atoms with Crippen molar-refractivity contribution in [2.24, 2.45) is 0 Å². The monoisotopic (exact) mass is 292 g/mol. The smallest absolute Gasteiger partial charge is 0.319 e. The van der Waals surface area contributed by atoms with Crippen LogP contribution < -0.4 is 10.6 Å². The summed E-state index contributed by atoms with van der Waals surface area (Å²) in [5.74, 6) is -0.882. The van der Waals surface area contributed by atoms with Crippen molar-refractivity contribution in [1.82, 2.24) is 5.32 Å². The van der Waals surface area contributed by atoms with E-state index in [0.29, 0.717) is 11.3 Å². The van der Waals surface area contributed by atoms with Gasteiger partial charge in [0, 0.05) is 11.7 Å². The fourth-order valence-corrected chi connectivity index (χ4v) is 2.45. The summed E-state index contributed by atoms with van der Waals surface area (Å²) >= 11 is 0. The number of nitrogens with one attached hydrogen (secondary N) is 2. The molecule has 0 spiro atoms. The van der Waals surface area contributed by atoms with Gasteiger partial charge in [-0.1, -0.05) is 12.1 Å². The van der Waals surface area contributed by atoms with Crippen LogP contribution in [0.25, 0.3) is 0 Å². The molecule has 6 heteroatoms. The highest BCUT2D eigenvalue weighted by Crippen LogP contribution is 2.18. The molecule has 6 nitrogen and oxygen atoms in total. The molecule has 114 valence electrons. The second-order valence-electron chi connectivity index (χ2n) is 5.37. The minimum atomic E-state index is -0.882. The highest BCUT2D eigenvalue weighted by molar-refractivity contribution is 5.89. The number of hydrogen-bond acceptors (Lipinski definition) is 3. The van der Waals surface area contributed by atoms with Gasteiger partial charge in [-0.2, -0.15) is 0 Å². The standard InChI is InChI=1S/C15H20N2O4/c18-13-7-5-12(6-8-13)17-15(21)16-11-3-1-10(2-4-11)9-14(19)20/h1-4,12-13,18H,5-9H2,(H,19,20)(H2,16,17,21). The Balaban J connectivity index is 1.80. The van der Waals surface area contributed by atoms with Gasteiger partial charge in [-0.05, 0) is 43.4 Å². The van der Waals surface area contributed by atoms with Crippen LogP contribution in [-0.4, -0.2) is 34.4 Å². The van der Waals surface area contributed by atoms with Gasteiger partial charge in [-0.15, -0.1) is 0 Å². The molecule has 1 fully saturated rings. The second-order valence-corrected chi connectivity index (χ2v) is 5.37. The Bertz CT molecular complexity index is 493. The summed E-state index contributed by atoms with van der Waals surface area (Å²) in [5.41, 5.74) is 1.31. The molecule has 1 aromatic carbocycles. The number of urea groups is 1. The summed E-state index contributed by atoms with van der Waals surface area (Å²) in [7, 11) is 0. The van der Waals surface area contributed by atoms with Crippen molar-refractivity contribution in [3.63, 3.8) is 0 Å². The van der Waals surface area contributed by atoms with E-state index in [1.165, 1.54) is 0 Å². The summed E-state index contributed by atoms with van der Waals surface area (Å²) in [5, 5.41) is 23.7. The van der Waals surface area contributed by atoms with Crippen molar-refractivity contribution in [3.8, 4) is 0 Å². The van der Waals surface area contributed by atoms with Crippen LogP contribution >= 0.6 is 0 Å². The van der Waals surface area contributed by atoms with Crippen molar-refractivity contribution in [3.05, 3.63) is 29.8 Å². The van der Waals surface area contributed by atoms with Crippen LogP contribution in [0, 0.1) is 0 Å². The number of hydrogen-bond donors (Lipinski definition) is 4. The second kappa shape index (κ2) is 7.08. The zero-order valence-electron chi connectivity index (χ0n) is 11.7. The van der Waals surface area contributed by atoms with Crippen LogP contribution in [0.15, 0.2) is 24.3 Å². The van der Waals surface area contributed by atoms with Gasteiger partial charge < -0.3 is 20.8 Å². The first-order valence-electron chi connectivity index (χ1n) is 7.09. The average molecular weight is 292 g/mol. The zero-order chi connectivity index (χ0) is 15.2. The van der Waals surface area contributed by atoms with Crippen LogP contribution in [0.1, 0.15) is 31.2 Å². The minimum Gasteiger partial charge on any atom is -0.481 e. The number of rotatable bonds is 4. The predicted octanol–water partition coefficient (Wildman–Crippen LogP) is 1.74. The summed E-state index contributed by atoms with van der Waals surface area (Å²) in [6.45, 7) is 0. The summed E-state index contributed by atoms with van der Waals surface area (Å²) in [6, 6.07) is 6.55. The molecule has 2 rings (SSSR count). The zero-order valence-corrected chi connectivity index (χ0v) is 11.7. The number of carbonyl (C=O) groups excluding carboxylic acids is 1. The first-order chi connectivity index (χ1) is 10.0.